The Balaban J connectivity index is 0.000000120. The maximum atomic E-state index is 5.43. The van der Waals surface area contributed by atoms with Crippen molar-refractivity contribution in [2.45, 2.75) is 0 Å². The van der Waals surface area contributed by atoms with Gasteiger partial charge in [0.25, 0.3) is 0 Å². The van der Waals surface area contributed by atoms with Crippen LogP contribution in [0.4, 0.5) is 0 Å². The number of rotatable bonds is 0. The lowest BCUT2D eigenvalue weighted by atomic mass is 10.8. The van der Waals surface area contributed by atoms with E-state index in [1.807, 2.05) is 0 Å². The Labute approximate surface area is 93.8 Å². The molecule has 68 valence electrons. The van der Waals surface area contributed by atoms with Crippen LogP contribution < -0.4 is 0 Å². The number of halogens is 2. The van der Waals surface area contributed by atoms with Gasteiger partial charge in [-0.05, 0) is 15.9 Å². The van der Waals surface area contributed by atoms with Gasteiger partial charge in [0.05, 0.1) is 13.1 Å². The minimum absolute atomic E-state index is 0.718. The fourth-order valence-electron chi connectivity index (χ4n) is 0.618. The molecular formula is C6H8BrClN2S2. The Morgan fingerprint density at radius 3 is 2.00 bits per heavy atom. The number of aliphatic imine (C=N–C) groups is 2. The largest absolute Gasteiger partial charge is 0.270 e. The van der Waals surface area contributed by atoms with Gasteiger partial charge in [-0.3, -0.25) is 9.98 Å². The highest BCUT2D eigenvalue weighted by atomic mass is 79.9. The van der Waals surface area contributed by atoms with E-state index in [0.29, 0.717) is 0 Å². The lowest BCUT2D eigenvalue weighted by Crippen LogP contribution is -1.69. The zero-order chi connectivity index (χ0) is 8.81. The standard InChI is InChI=1S/C3H4BrNS.C3H4ClNS/c2*4-3-5-1-2-6-3/h2*1-2H2. The van der Waals surface area contributed by atoms with Crippen molar-refractivity contribution < 1.29 is 0 Å². The molecule has 0 saturated heterocycles. The number of hydrogen-bond acceptors (Lipinski definition) is 4. The summed E-state index contributed by atoms with van der Waals surface area (Å²) in [5, 5.41) is 0. The predicted octanol–water partition coefficient (Wildman–Crippen LogP) is 2.81. The molecule has 0 aromatic rings. The molecule has 2 aliphatic heterocycles. The number of nitrogens with zero attached hydrogens (tertiary/aromatic N) is 2. The maximum Gasteiger partial charge on any atom is 0.158 e. The Kier molecular flexibility index (Phi) is 5.71. The topological polar surface area (TPSA) is 24.7 Å². The minimum atomic E-state index is 0.718. The van der Waals surface area contributed by atoms with E-state index in [4.69, 9.17) is 11.6 Å². The summed E-state index contributed by atoms with van der Waals surface area (Å²) in [6.07, 6.45) is 0. The van der Waals surface area contributed by atoms with E-state index < -0.39 is 0 Å². The number of thioether (sulfide) groups is 2. The molecule has 0 aliphatic carbocycles. The summed E-state index contributed by atoms with van der Waals surface area (Å²) in [5.74, 6) is 2.22. The van der Waals surface area contributed by atoms with Crippen LogP contribution in [0.3, 0.4) is 0 Å². The van der Waals surface area contributed by atoms with Gasteiger partial charge in [-0.15, -0.1) is 0 Å². The van der Waals surface area contributed by atoms with Crippen molar-refractivity contribution in [2.24, 2.45) is 9.98 Å². The first-order chi connectivity index (χ1) is 5.79. The third kappa shape index (κ3) is 4.74. The van der Waals surface area contributed by atoms with Crippen LogP contribution in [0.25, 0.3) is 0 Å². The monoisotopic (exact) mass is 286 g/mol. The summed E-state index contributed by atoms with van der Waals surface area (Å²) in [6.45, 7) is 1.90. The molecule has 2 rings (SSSR count). The molecule has 12 heavy (non-hydrogen) atoms. The van der Waals surface area contributed by atoms with E-state index in [9.17, 15) is 0 Å². The van der Waals surface area contributed by atoms with Crippen molar-refractivity contribution in [1.82, 2.24) is 0 Å². The summed E-state index contributed by atoms with van der Waals surface area (Å²) < 4.78 is 1.78. The Hall–Kier alpha value is 0.810. The van der Waals surface area contributed by atoms with Gasteiger partial charge < -0.3 is 0 Å². The van der Waals surface area contributed by atoms with E-state index in [0.717, 1.165) is 33.1 Å². The van der Waals surface area contributed by atoms with Gasteiger partial charge in [0.2, 0.25) is 0 Å². The fraction of sp³-hybridized carbons (Fsp3) is 0.667. The second kappa shape index (κ2) is 6.29. The third-order valence-electron chi connectivity index (χ3n) is 1.10. The molecule has 0 radical (unpaired) electrons. The molecule has 0 aromatic heterocycles. The smallest absolute Gasteiger partial charge is 0.158 e. The van der Waals surface area contributed by atoms with Gasteiger partial charge in [-0.1, -0.05) is 35.1 Å². The molecule has 0 atom stereocenters. The fourth-order valence-corrected chi connectivity index (χ4v) is 2.66. The van der Waals surface area contributed by atoms with Crippen LogP contribution in [-0.2, 0) is 0 Å². The SMILES string of the molecule is BrC1=NCCS1.ClC1=NCCS1. The van der Waals surface area contributed by atoms with Gasteiger partial charge in [0.15, 0.2) is 4.50 Å². The van der Waals surface area contributed by atoms with E-state index >= 15 is 0 Å². The van der Waals surface area contributed by atoms with E-state index in [2.05, 4.69) is 25.9 Å². The zero-order valence-corrected chi connectivity index (χ0v) is 10.3. The molecule has 0 fully saturated rings. The molecule has 0 unspecified atom stereocenters. The van der Waals surface area contributed by atoms with Gasteiger partial charge in [-0.2, -0.15) is 0 Å². The first-order valence-electron chi connectivity index (χ1n) is 3.44. The van der Waals surface area contributed by atoms with Crippen molar-refractivity contribution in [3.8, 4) is 0 Å². The Bertz CT molecular complexity index is 186. The quantitative estimate of drug-likeness (QED) is 0.684. The average molecular weight is 288 g/mol. The van der Waals surface area contributed by atoms with E-state index in [1.165, 1.54) is 0 Å². The van der Waals surface area contributed by atoms with Crippen LogP contribution in [0.15, 0.2) is 9.98 Å². The first kappa shape index (κ1) is 10.9. The zero-order valence-electron chi connectivity index (χ0n) is 6.30. The molecule has 0 N–H and O–H groups in total. The highest BCUT2D eigenvalue weighted by Crippen LogP contribution is 2.15. The molecule has 0 aromatic carbocycles. The Morgan fingerprint density at radius 1 is 1.17 bits per heavy atom. The van der Waals surface area contributed by atoms with Crippen LogP contribution in [-0.4, -0.2) is 33.1 Å². The van der Waals surface area contributed by atoms with E-state index in [-0.39, 0.29) is 0 Å². The number of hydrogen-bond donors (Lipinski definition) is 0. The van der Waals surface area contributed by atoms with E-state index in [1.54, 1.807) is 23.5 Å². The van der Waals surface area contributed by atoms with Gasteiger partial charge in [-0.25, -0.2) is 0 Å². The summed E-state index contributed by atoms with van der Waals surface area (Å²) in [5.41, 5.74) is 0. The van der Waals surface area contributed by atoms with Crippen molar-refractivity contribution in [3.05, 3.63) is 0 Å². The summed E-state index contributed by atoms with van der Waals surface area (Å²) in [7, 11) is 0. The highest BCUT2D eigenvalue weighted by Gasteiger charge is 2.00. The maximum absolute atomic E-state index is 5.43. The molecule has 2 aliphatic rings. The molecule has 6 heteroatoms. The third-order valence-corrected chi connectivity index (χ3v) is 3.99. The first-order valence-corrected chi connectivity index (χ1v) is 6.59. The second-order valence-electron chi connectivity index (χ2n) is 1.97. The lowest BCUT2D eigenvalue weighted by molar-refractivity contribution is 1.18. The van der Waals surface area contributed by atoms with Crippen molar-refractivity contribution in [3.63, 3.8) is 0 Å². The van der Waals surface area contributed by atoms with Crippen LogP contribution >= 0.6 is 51.1 Å². The van der Waals surface area contributed by atoms with Gasteiger partial charge in [0.1, 0.15) is 3.95 Å². The van der Waals surface area contributed by atoms with Gasteiger partial charge in [0, 0.05) is 11.5 Å². The van der Waals surface area contributed by atoms with Crippen LogP contribution in [0.2, 0.25) is 0 Å². The van der Waals surface area contributed by atoms with Crippen LogP contribution in [0, 0.1) is 0 Å². The van der Waals surface area contributed by atoms with Crippen molar-refractivity contribution in [2.75, 3.05) is 24.6 Å². The normalized spacial score (nSPS) is 21.2. The van der Waals surface area contributed by atoms with Crippen molar-refractivity contribution >= 4 is 59.5 Å². The Morgan fingerprint density at radius 2 is 1.83 bits per heavy atom. The van der Waals surface area contributed by atoms with Gasteiger partial charge >= 0.3 is 0 Å². The molecule has 2 heterocycles. The molecule has 0 amide bonds. The lowest BCUT2D eigenvalue weighted by Gasteiger charge is -1.74. The van der Waals surface area contributed by atoms with Crippen molar-refractivity contribution in [1.29, 1.82) is 0 Å². The predicted molar refractivity (Wildman–Crippen MR) is 64.3 cm³/mol. The molecule has 0 spiro atoms. The van der Waals surface area contributed by atoms with Crippen LogP contribution in [0.1, 0.15) is 0 Å². The summed E-state index contributed by atoms with van der Waals surface area (Å²) in [6, 6.07) is 0. The summed E-state index contributed by atoms with van der Waals surface area (Å²) >= 11 is 12.1. The molecular weight excluding hydrogens is 280 g/mol. The molecule has 2 nitrogen and oxygen atoms in total. The molecule has 0 saturated carbocycles. The van der Waals surface area contributed by atoms with Crippen LogP contribution in [0.5, 0.6) is 0 Å². The summed E-state index contributed by atoms with van der Waals surface area (Å²) in [4.78, 5) is 7.91. The molecule has 0 bridgehead atoms. The minimum Gasteiger partial charge on any atom is -0.270 e. The average Bonchev–Trinajstić information content (AvgIpc) is 2.63. The highest BCUT2D eigenvalue weighted by molar-refractivity contribution is 9.22. The second-order valence-corrected chi connectivity index (χ2v) is 5.99.